The molecule has 1 aromatic rings. The molecule has 1 aliphatic rings. The van der Waals surface area contributed by atoms with Crippen LogP contribution in [0.2, 0.25) is 5.02 Å². The zero-order valence-electron chi connectivity index (χ0n) is 6.98. The van der Waals surface area contributed by atoms with Crippen LogP contribution in [0, 0.1) is 5.82 Å². The second kappa shape index (κ2) is 3.52. The Labute approximate surface area is 81.1 Å². The molecule has 0 unspecified atom stereocenters. The summed E-state index contributed by atoms with van der Waals surface area (Å²) in [6, 6.07) is 5.18. The first kappa shape index (κ1) is 8.78. The Balaban J connectivity index is 2.07. The Kier molecular flexibility index (Phi) is 2.38. The van der Waals surface area contributed by atoms with E-state index < -0.39 is 0 Å². The molecule has 0 spiro atoms. The first-order valence-electron chi connectivity index (χ1n) is 4.18. The molecule has 2 nitrogen and oxygen atoms in total. The summed E-state index contributed by atoms with van der Waals surface area (Å²) in [5, 5.41) is 6.47. The standard InChI is InChI=1S/C9H10ClFN2/c10-8-2-1-6(3-9(8)11)13-7-4-12-5-7/h1-3,7,12-13H,4-5H2. The third kappa shape index (κ3) is 1.92. The van der Waals surface area contributed by atoms with Gasteiger partial charge in [0.1, 0.15) is 5.82 Å². The molecule has 1 saturated heterocycles. The van der Waals surface area contributed by atoms with Gasteiger partial charge >= 0.3 is 0 Å². The molecule has 0 aliphatic carbocycles. The van der Waals surface area contributed by atoms with Crippen LogP contribution >= 0.6 is 11.6 Å². The molecule has 0 saturated carbocycles. The van der Waals surface area contributed by atoms with E-state index in [-0.39, 0.29) is 10.8 Å². The molecule has 0 radical (unpaired) electrons. The molecule has 0 bridgehead atoms. The van der Waals surface area contributed by atoms with Gasteiger partial charge < -0.3 is 10.6 Å². The lowest BCUT2D eigenvalue weighted by Gasteiger charge is -2.28. The highest BCUT2D eigenvalue weighted by molar-refractivity contribution is 6.30. The first-order chi connectivity index (χ1) is 6.25. The van der Waals surface area contributed by atoms with Gasteiger partial charge in [-0.3, -0.25) is 0 Å². The van der Waals surface area contributed by atoms with E-state index >= 15 is 0 Å². The molecule has 0 amide bonds. The van der Waals surface area contributed by atoms with Crippen molar-refractivity contribution < 1.29 is 4.39 Å². The van der Waals surface area contributed by atoms with Gasteiger partial charge in [0.05, 0.1) is 11.1 Å². The van der Waals surface area contributed by atoms with Gasteiger partial charge in [-0.15, -0.1) is 0 Å². The highest BCUT2D eigenvalue weighted by Crippen LogP contribution is 2.19. The van der Waals surface area contributed by atoms with Gasteiger partial charge in [-0.2, -0.15) is 0 Å². The molecule has 1 aromatic carbocycles. The molecule has 2 rings (SSSR count). The number of halogens is 2. The molecule has 1 fully saturated rings. The van der Waals surface area contributed by atoms with Crippen molar-refractivity contribution in [2.24, 2.45) is 0 Å². The van der Waals surface area contributed by atoms with Crippen molar-refractivity contribution in [3.63, 3.8) is 0 Å². The van der Waals surface area contributed by atoms with Gasteiger partial charge in [0, 0.05) is 18.8 Å². The molecular formula is C9H10ClFN2. The van der Waals surface area contributed by atoms with Crippen LogP contribution in [0.3, 0.4) is 0 Å². The van der Waals surface area contributed by atoms with Gasteiger partial charge in [-0.1, -0.05) is 11.6 Å². The lowest BCUT2D eigenvalue weighted by molar-refractivity contribution is 0.472. The summed E-state index contributed by atoms with van der Waals surface area (Å²) in [6.45, 7) is 1.87. The Morgan fingerprint density at radius 3 is 2.77 bits per heavy atom. The van der Waals surface area contributed by atoms with Gasteiger partial charge in [-0.05, 0) is 18.2 Å². The molecule has 1 aliphatic heterocycles. The summed E-state index contributed by atoms with van der Waals surface area (Å²) in [7, 11) is 0. The third-order valence-electron chi connectivity index (χ3n) is 2.07. The Bertz CT molecular complexity index is 312. The minimum absolute atomic E-state index is 0.164. The van der Waals surface area contributed by atoms with Crippen LogP contribution in [-0.2, 0) is 0 Å². The second-order valence-electron chi connectivity index (χ2n) is 3.13. The second-order valence-corrected chi connectivity index (χ2v) is 3.54. The Morgan fingerprint density at radius 1 is 1.46 bits per heavy atom. The highest BCUT2D eigenvalue weighted by atomic mass is 35.5. The zero-order chi connectivity index (χ0) is 9.26. The average Bonchev–Trinajstić information content (AvgIpc) is 2.04. The molecular weight excluding hydrogens is 191 g/mol. The van der Waals surface area contributed by atoms with Crippen molar-refractivity contribution in [1.29, 1.82) is 0 Å². The van der Waals surface area contributed by atoms with E-state index in [9.17, 15) is 4.39 Å². The summed E-state index contributed by atoms with van der Waals surface area (Å²) < 4.78 is 13.0. The average molecular weight is 201 g/mol. The SMILES string of the molecule is Fc1cc(NC2CNC2)ccc1Cl. The molecule has 0 aromatic heterocycles. The fraction of sp³-hybridized carbons (Fsp3) is 0.333. The number of anilines is 1. The van der Waals surface area contributed by atoms with Gasteiger partial charge in [-0.25, -0.2) is 4.39 Å². The minimum atomic E-state index is -0.376. The number of hydrogen-bond acceptors (Lipinski definition) is 2. The van der Waals surface area contributed by atoms with Crippen molar-refractivity contribution >= 4 is 17.3 Å². The number of benzene rings is 1. The van der Waals surface area contributed by atoms with Gasteiger partial charge in [0.2, 0.25) is 0 Å². The maximum atomic E-state index is 13.0. The Hall–Kier alpha value is -0.800. The first-order valence-corrected chi connectivity index (χ1v) is 4.56. The van der Waals surface area contributed by atoms with Crippen molar-refractivity contribution in [2.45, 2.75) is 6.04 Å². The lowest BCUT2D eigenvalue weighted by Crippen LogP contribution is -2.51. The number of hydrogen-bond donors (Lipinski definition) is 2. The minimum Gasteiger partial charge on any atom is -0.380 e. The summed E-state index contributed by atoms with van der Waals surface area (Å²) in [5.74, 6) is -0.376. The quantitative estimate of drug-likeness (QED) is 0.762. The number of rotatable bonds is 2. The van der Waals surface area contributed by atoms with Crippen molar-refractivity contribution in [1.82, 2.24) is 5.32 Å². The molecule has 13 heavy (non-hydrogen) atoms. The van der Waals surface area contributed by atoms with Crippen LogP contribution in [0.5, 0.6) is 0 Å². The van der Waals surface area contributed by atoms with Crippen LogP contribution in [0.15, 0.2) is 18.2 Å². The van der Waals surface area contributed by atoms with E-state index in [1.807, 2.05) is 0 Å². The zero-order valence-corrected chi connectivity index (χ0v) is 7.74. The molecule has 0 atom stereocenters. The predicted octanol–water partition coefficient (Wildman–Crippen LogP) is 1.86. The number of nitrogens with one attached hydrogen (secondary N) is 2. The molecule has 1 heterocycles. The summed E-state index contributed by atoms with van der Waals surface area (Å²) in [5.41, 5.74) is 0.786. The molecule has 70 valence electrons. The summed E-state index contributed by atoms with van der Waals surface area (Å²) in [4.78, 5) is 0. The van der Waals surface area contributed by atoms with Crippen LogP contribution < -0.4 is 10.6 Å². The summed E-state index contributed by atoms with van der Waals surface area (Å²) >= 11 is 5.55. The van der Waals surface area contributed by atoms with Gasteiger partial charge in [0.15, 0.2) is 0 Å². The largest absolute Gasteiger partial charge is 0.380 e. The Morgan fingerprint density at radius 2 is 2.23 bits per heavy atom. The van der Waals surface area contributed by atoms with Crippen LogP contribution in [0.4, 0.5) is 10.1 Å². The van der Waals surface area contributed by atoms with E-state index in [0.717, 1.165) is 18.8 Å². The smallest absolute Gasteiger partial charge is 0.143 e. The molecule has 2 N–H and O–H groups in total. The topological polar surface area (TPSA) is 24.1 Å². The molecule has 4 heteroatoms. The normalized spacial score (nSPS) is 16.8. The van der Waals surface area contributed by atoms with E-state index in [2.05, 4.69) is 10.6 Å². The highest BCUT2D eigenvalue weighted by Gasteiger charge is 2.16. The maximum absolute atomic E-state index is 13.0. The van der Waals surface area contributed by atoms with E-state index in [4.69, 9.17) is 11.6 Å². The third-order valence-corrected chi connectivity index (χ3v) is 2.38. The van der Waals surface area contributed by atoms with Crippen LogP contribution in [0.25, 0.3) is 0 Å². The fourth-order valence-corrected chi connectivity index (χ4v) is 1.33. The van der Waals surface area contributed by atoms with E-state index in [0.29, 0.717) is 6.04 Å². The van der Waals surface area contributed by atoms with Crippen LogP contribution in [0.1, 0.15) is 0 Å². The van der Waals surface area contributed by atoms with Crippen LogP contribution in [-0.4, -0.2) is 19.1 Å². The van der Waals surface area contributed by atoms with E-state index in [1.165, 1.54) is 6.07 Å². The maximum Gasteiger partial charge on any atom is 0.143 e. The fourth-order valence-electron chi connectivity index (χ4n) is 1.21. The van der Waals surface area contributed by atoms with E-state index in [1.54, 1.807) is 12.1 Å². The monoisotopic (exact) mass is 200 g/mol. The lowest BCUT2D eigenvalue weighted by atomic mass is 10.1. The van der Waals surface area contributed by atoms with Crippen molar-refractivity contribution in [2.75, 3.05) is 18.4 Å². The van der Waals surface area contributed by atoms with Gasteiger partial charge in [0.25, 0.3) is 0 Å². The summed E-state index contributed by atoms with van der Waals surface area (Å²) in [6.07, 6.45) is 0. The van der Waals surface area contributed by atoms with Crippen molar-refractivity contribution in [3.8, 4) is 0 Å². The predicted molar refractivity (Wildman–Crippen MR) is 51.7 cm³/mol. The van der Waals surface area contributed by atoms with Crippen molar-refractivity contribution in [3.05, 3.63) is 29.0 Å².